The Bertz CT molecular complexity index is 2020. The van der Waals surface area contributed by atoms with E-state index in [1.54, 1.807) is 36.4 Å². The molecule has 2 N–H and O–H groups in total. The molecule has 0 aromatic heterocycles. The number of para-hydroxylation sites is 1. The molecule has 0 saturated heterocycles. The van der Waals surface area contributed by atoms with Crippen molar-refractivity contribution >= 4 is 37.4 Å². The van der Waals surface area contributed by atoms with Gasteiger partial charge in [0.2, 0.25) is 0 Å². The molecule has 0 bridgehead atoms. The van der Waals surface area contributed by atoms with Gasteiger partial charge in [-0.15, -0.1) is 0 Å². The molecule has 0 unspecified atom stereocenters. The van der Waals surface area contributed by atoms with Crippen molar-refractivity contribution in [3.63, 3.8) is 0 Å². The lowest BCUT2D eigenvalue weighted by Crippen LogP contribution is -2.02. The number of fused-ring (bicyclic) bond motifs is 2. The van der Waals surface area contributed by atoms with Crippen molar-refractivity contribution in [1.29, 1.82) is 0 Å². The van der Waals surface area contributed by atoms with Crippen molar-refractivity contribution in [3.05, 3.63) is 126 Å². The molecule has 0 aliphatic carbocycles. The van der Waals surface area contributed by atoms with Gasteiger partial charge in [-0.25, -0.2) is 0 Å². The largest absolute Gasteiger partial charge is 0.507 e. The van der Waals surface area contributed by atoms with Crippen LogP contribution in [0.5, 0.6) is 11.5 Å². The lowest BCUT2D eigenvalue weighted by Gasteiger charge is -2.18. The van der Waals surface area contributed by atoms with Gasteiger partial charge >= 0.3 is 0 Å². The van der Waals surface area contributed by atoms with Crippen molar-refractivity contribution in [2.45, 2.75) is 4.90 Å². The van der Waals surface area contributed by atoms with E-state index in [1.165, 1.54) is 25.3 Å². The zero-order valence-corrected chi connectivity index (χ0v) is 22.7. The number of hydrogen-bond acceptors (Lipinski definition) is 5. The Balaban J connectivity index is 1.58. The molecule has 0 saturated carbocycles. The van der Waals surface area contributed by atoms with Crippen molar-refractivity contribution in [2.24, 2.45) is 0 Å². The van der Waals surface area contributed by atoms with Crippen LogP contribution >= 0.6 is 0 Å². The molecule has 0 heterocycles. The third-order valence-electron chi connectivity index (χ3n) is 7.25. The summed E-state index contributed by atoms with van der Waals surface area (Å²) in [4.78, 5) is 12.7. The Labute approximate surface area is 236 Å². The van der Waals surface area contributed by atoms with Crippen LogP contribution in [0.4, 0.5) is 0 Å². The van der Waals surface area contributed by atoms with Crippen molar-refractivity contribution in [2.75, 3.05) is 7.11 Å². The summed E-state index contributed by atoms with van der Waals surface area (Å²) in [5.74, 6) is -0.279. The van der Waals surface area contributed by atoms with Crippen LogP contribution in [0.15, 0.2) is 120 Å². The van der Waals surface area contributed by atoms with Gasteiger partial charge < -0.3 is 9.84 Å². The molecule has 0 radical (unpaired) electrons. The SMILES string of the molecule is COc1ccc(-c2c3ccccc3c(-c3ccc(C(=O)c4ccccc4O)cc3)c3ccccc23)cc1S(=O)(=O)O. The summed E-state index contributed by atoms with van der Waals surface area (Å²) in [7, 11) is -3.18. The van der Waals surface area contributed by atoms with E-state index in [-0.39, 0.29) is 27.7 Å². The maximum Gasteiger partial charge on any atom is 0.298 e. The van der Waals surface area contributed by atoms with Crippen LogP contribution in [0.3, 0.4) is 0 Å². The summed E-state index contributed by atoms with van der Waals surface area (Å²) in [5, 5.41) is 13.8. The van der Waals surface area contributed by atoms with E-state index in [0.29, 0.717) is 11.1 Å². The van der Waals surface area contributed by atoms with Crippen molar-refractivity contribution < 1.29 is 27.6 Å². The Kier molecular flexibility index (Phi) is 6.53. The second-order valence-electron chi connectivity index (χ2n) is 9.61. The molecule has 6 rings (SSSR count). The molecular weight excluding hydrogens is 536 g/mol. The third kappa shape index (κ3) is 4.61. The first kappa shape index (κ1) is 26.3. The molecule has 6 nitrogen and oxygen atoms in total. The maximum absolute atomic E-state index is 13.1. The first-order valence-corrected chi connectivity index (χ1v) is 14.2. The first-order valence-electron chi connectivity index (χ1n) is 12.8. The number of carbonyl (C=O) groups is 1. The second kappa shape index (κ2) is 10.2. The standard InChI is InChI=1S/C34H24O6S/c1-40-30-19-18-23(20-31(30)41(37,38)39)33-26-10-4-2-8-24(26)32(25-9-3-5-11-27(25)33)21-14-16-22(17-15-21)34(36)28-12-6-7-13-29(28)35/h2-20,35H,1H3,(H,37,38,39). The number of carbonyl (C=O) groups excluding carboxylic acids is 1. The highest BCUT2D eigenvalue weighted by molar-refractivity contribution is 7.86. The monoisotopic (exact) mass is 560 g/mol. The Morgan fingerprint density at radius 1 is 0.659 bits per heavy atom. The fraction of sp³-hybridized carbons (Fsp3) is 0.0294. The van der Waals surface area contributed by atoms with Gasteiger partial charge in [-0.3, -0.25) is 9.35 Å². The van der Waals surface area contributed by atoms with Gasteiger partial charge in [-0.1, -0.05) is 91.0 Å². The topological polar surface area (TPSA) is 101 Å². The van der Waals surface area contributed by atoms with Crippen LogP contribution in [0.1, 0.15) is 15.9 Å². The highest BCUT2D eigenvalue weighted by Gasteiger charge is 2.21. The molecule has 6 aromatic rings. The number of rotatable bonds is 6. The molecule has 202 valence electrons. The highest BCUT2D eigenvalue weighted by Crippen LogP contribution is 2.44. The van der Waals surface area contributed by atoms with E-state index in [9.17, 15) is 22.9 Å². The predicted octanol–water partition coefficient (Wildman–Crippen LogP) is 7.52. The second-order valence-corrected chi connectivity index (χ2v) is 11.0. The predicted molar refractivity (Wildman–Crippen MR) is 160 cm³/mol. The summed E-state index contributed by atoms with van der Waals surface area (Å²) >= 11 is 0. The molecule has 0 aliphatic heterocycles. The normalized spacial score (nSPS) is 11.6. The highest BCUT2D eigenvalue weighted by atomic mass is 32.2. The molecule has 0 spiro atoms. The Morgan fingerprint density at radius 2 is 1.15 bits per heavy atom. The van der Waals surface area contributed by atoms with Crippen LogP contribution < -0.4 is 4.74 Å². The number of phenols is 1. The zero-order chi connectivity index (χ0) is 28.7. The molecule has 0 fully saturated rings. The average Bonchev–Trinajstić information content (AvgIpc) is 2.99. The zero-order valence-electron chi connectivity index (χ0n) is 21.9. The fourth-order valence-corrected chi connectivity index (χ4v) is 6.08. The van der Waals surface area contributed by atoms with Gasteiger partial charge in [0.15, 0.2) is 5.78 Å². The van der Waals surface area contributed by atoms with E-state index >= 15 is 0 Å². The summed E-state index contributed by atoms with van der Waals surface area (Å²) in [6, 6.07) is 34.2. The number of methoxy groups -OCH3 is 1. The number of aromatic hydroxyl groups is 1. The van der Waals surface area contributed by atoms with E-state index in [2.05, 4.69) is 0 Å². The Morgan fingerprint density at radius 3 is 1.66 bits per heavy atom. The van der Waals surface area contributed by atoms with Crippen molar-refractivity contribution in [1.82, 2.24) is 0 Å². The summed E-state index contributed by atoms with van der Waals surface area (Å²) < 4.78 is 39.5. The number of hydrogen-bond donors (Lipinski definition) is 2. The molecule has 6 aromatic carbocycles. The number of ketones is 1. The van der Waals surface area contributed by atoms with Crippen LogP contribution in [0, 0.1) is 0 Å². The quantitative estimate of drug-likeness (QED) is 0.124. The minimum absolute atomic E-state index is 0.0555. The van der Waals surface area contributed by atoms with Gasteiger partial charge in [-0.2, -0.15) is 8.42 Å². The molecule has 41 heavy (non-hydrogen) atoms. The minimum atomic E-state index is -4.54. The molecule has 0 atom stereocenters. The number of benzene rings is 6. The molecular formula is C34H24O6S. The number of ether oxygens (including phenoxy) is 1. The fourth-order valence-electron chi connectivity index (χ4n) is 5.39. The van der Waals surface area contributed by atoms with Crippen molar-refractivity contribution in [3.8, 4) is 33.8 Å². The van der Waals surface area contributed by atoms with E-state index in [4.69, 9.17) is 4.74 Å². The van der Waals surface area contributed by atoms with Gasteiger partial charge in [0, 0.05) is 5.56 Å². The van der Waals surface area contributed by atoms with E-state index in [0.717, 1.165) is 38.2 Å². The van der Waals surface area contributed by atoms with Gasteiger partial charge in [-0.05, 0) is 68.1 Å². The molecule has 0 amide bonds. The molecule has 7 heteroatoms. The number of phenolic OH excluding ortho intramolecular Hbond substituents is 1. The lowest BCUT2D eigenvalue weighted by atomic mass is 9.85. The maximum atomic E-state index is 13.1. The summed E-state index contributed by atoms with van der Waals surface area (Å²) in [6.07, 6.45) is 0. The van der Waals surface area contributed by atoms with Gasteiger partial charge in [0.25, 0.3) is 10.1 Å². The van der Waals surface area contributed by atoms with E-state index in [1.807, 2.05) is 60.7 Å². The minimum Gasteiger partial charge on any atom is -0.507 e. The van der Waals surface area contributed by atoms with Crippen LogP contribution in [0.25, 0.3) is 43.8 Å². The summed E-state index contributed by atoms with van der Waals surface area (Å²) in [6.45, 7) is 0. The first-order chi connectivity index (χ1) is 19.8. The van der Waals surface area contributed by atoms with Crippen LogP contribution in [0.2, 0.25) is 0 Å². The third-order valence-corrected chi connectivity index (χ3v) is 8.12. The van der Waals surface area contributed by atoms with Crippen LogP contribution in [-0.4, -0.2) is 31.0 Å². The molecule has 0 aliphatic rings. The van der Waals surface area contributed by atoms with Crippen LogP contribution in [-0.2, 0) is 10.1 Å². The Hall–Kier alpha value is -4.98. The van der Waals surface area contributed by atoms with E-state index < -0.39 is 10.1 Å². The lowest BCUT2D eigenvalue weighted by molar-refractivity contribution is 0.103. The summed E-state index contributed by atoms with van der Waals surface area (Å²) in [5.41, 5.74) is 3.98. The van der Waals surface area contributed by atoms with Gasteiger partial charge in [0.05, 0.1) is 12.7 Å². The van der Waals surface area contributed by atoms with Gasteiger partial charge in [0.1, 0.15) is 16.4 Å². The smallest absolute Gasteiger partial charge is 0.298 e. The average molecular weight is 561 g/mol.